The van der Waals surface area contributed by atoms with Crippen LogP contribution in [0.2, 0.25) is 0 Å². The van der Waals surface area contributed by atoms with E-state index in [2.05, 4.69) is 29.4 Å². The van der Waals surface area contributed by atoms with Crippen LogP contribution in [0.3, 0.4) is 0 Å². The first-order chi connectivity index (χ1) is 9.20. The van der Waals surface area contributed by atoms with Crippen molar-refractivity contribution in [3.05, 3.63) is 17.0 Å². The lowest BCUT2D eigenvalue weighted by molar-refractivity contribution is 0.0723. The molecular weight excluding hydrogens is 276 g/mol. The fourth-order valence-corrected chi connectivity index (χ4v) is 3.33. The molecule has 112 valence electrons. The van der Waals surface area contributed by atoms with E-state index in [1.54, 1.807) is 0 Å². The standard InChI is InChI=1S/C14H22N4O.ClH/c1-3-10-6-9(2)8-18(10)14(19)13-11-7-15-5-4-12(11)16-17-13;/h9-10,15H,3-8H2,1-2H3,(H,16,17);1H. The maximum Gasteiger partial charge on any atom is 0.274 e. The van der Waals surface area contributed by atoms with Crippen LogP contribution < -0.4 is 5.32 Å². The van der Waals surface area contributed by atoms with Crippen LogP contribution in [0, 0.1) is 5.92 Å². The van der Waals surface area contributed by atoms with E-state index in [0.29, 0.717) is 17.7 Å². The van der Waals surface area contributed by atoms with Crippen molar-refractivity contribution in [2.45, 2.75) is 45.7 Å². The number of hydrogen-bond acceptors (Lipinski definition) is 3. The molecule has 5 nitrogen and oxygen atoms in total. The number of carbonyl (C=O) groups excluding carboxylic acids is 1. The van der Waals surface area contributed by atoms with E-state index in [1.807, 2.05) is 4.90 Å². The van der Waals surface area contributed by atoms with Gasteiger partial charge in [0.05, 0.1) is 0 Å². The highest BCUT2D eigenvalue weighted by Crippen LogP contribution is 2.27. The quantitative estimate of drug-likeness (QED) is 0.874. The van der Waals surface area contributed by atoms with Gasteiger partial charge in [-0.15, -0.1) is 12.4 Å². The van der Waals surface area contributed by atoms with Gasteiger partial charge < -0.3 is 10.2 Å². The molecule has 2 atom stereocenters. The zero-order valence-corrected chi connectivity index (χ0v) is 12.9. The van der Waals surface area contributed by atoms with Crippen LogP contribution >= 0.6 is 12.4 Å². The number of amides is 1. The predicted octanol–water partition coefficient (Wildman–Crippen LogP) is 1.74. The van der Waals surface area contributed by atoms with E-state index in [9.17, 15) is 4.79 Å². The van der Waals surface area contributed by atoms with Crippen molar-refractivity contribution in [2.75, 3.05) is 13.1 Å². The largest absolute Gasteiger partial charge is 0.334 e. The minimum Gasteiger partial charge on any atom is -0.334 e. The number of aromatic amines is 1. The van der Waals surface area contributed by atoms with Crippen LogP contribution in [0.15, 0.2) is 0 Å². The van der Waals surface area contributed by atoms with Gasteiger partial charge in [0.15, 0.2) is 5.69 Å². The molecule has 2 unspecified atom stereocenters. The smallest absolute Gasteiger partial charge is 0.274 e. The van der Waals surface area contributed by atoms with E-state index in [4.69, 9.17) is 0 Å². The van der Waals surface area contributed by atoms with Crippen LogP contribution in [-0.2, 0) is 13.0 Å². The second kappa shape index (κ2) is 6.14. The summed E-state index contributed by atoms with van der Waals surface area (Å²) in [7, 11) is 0. The summed E-state index contributed by atoms with van der Waals surface area (Å²) in [6, 6.07) is 0.381. The zero-order chi connectivity index (χ0) is 13.4. The Labute approximate surface area is 125 Å². The number of aromatic nitrogens is 2. The first-order valence-corrected chi connectivity index (χ1v) is 7.28. The van der Waals surface area contributed by atoms with Crippen molar-refractivity contribution in [3.8, 4) is 0 Å². The second-order valence-electron chi connectivity index (χ2n) is 5.82. The molecule has 0 spiro atoms. The molecule has 1 saturated heterocycles. The van der Waals surface area contributed by atoms with Gasteiger partial charge in [0.25, 0.3) is 5.91 Å². The summed E-state index contributed by atoms with van der Waals surface area (Å²) in [4.78, 5) is 14.7. The third-order valence-electron chi connectivity index (χ3n) is 4.36. The fraction of sp³-hybridized carbons (Fsp3) is 0.714. The Hall–Kier alpha value is -1.07. The number of halogens is 1. The zero-order valence-electron chi connectivity index (χ0n) is 12.1. The summed E-state index contributed by atoms with van der Waals surface area (Å²) in [5.74, 6) is 0.708. The Morgan fingerprint density at radius 3 is 3.05 bits per heavy atom. The third kappa shape index (κ3) is 2.56. The molecule has 0 aromatic carbocycles. The molecule has 3 heterocycles. The van der Waals surface area contributed by atoms with Crippen molar-refractivity contribution >= 4 is 18.3 Å². The number of H-pyrrole nitrogens is 1. The number of rotatable bonds is 2. The SMILES string of the molecule is CCC1CC(C)CN1C(=O)c1n[nH]c2c1CNCC2.Cl. The molecule has 0 bridgehead atoms. The van der Waals surface area contributed by atoms with Gasteiger partial charge in [-0.05, 0) is 18.8 Å². The van der Waals surface area contributed by atoms with Crippen LogP contribution in [-0.4, -0.2) is 40.1 Å². The Morgan fingerprint density at radius 1 is 1.50 bits per heavy atom. The molecule has 6 heteroatoms. The number of fused-ring (bicyclic) bond motifs is 1. The summed E-state index contributed by atoms with van der Waals surface area (Å²) in [5.41, 5.74) is 2.84. The van der Waals surface area contributed by atoms with Gasteiger partial charge in [0.2, 0.25) is 0 Å². The minimum atomic E-state index is 0. The summed E-state index contributed by atoms with van der Waals surface area (Å²) in [6.45, 7) is 6.96. The van der Waals surface area contributed by atoms with E-state index in [-0.39, 0.29) is 18.3 Å². The van der Waals surface area contributed by atoms with E-state index >= 15 is 0 Å². The lowest BCUT2D eigenvalue weighted by Crippen LogP contribution is -2.36. The van der Waals surface area contributed by atoms with Gasteiger partial charge >= 0.3 is 0 Å². The first-order valence-electron chi connectivity index (χ1n) is 7.28. The van der Waals surface area contributed by atoms with Crippen LogP contribution in [0.25, 0.3) is 0 Å². The lowest BCUT2D eigenvalue weighted by Gasteiger charge is -2.23. The summed E-state index contributed by atoms with van der Waals surface area (Å²) >= 11 is 0. The van der Waals surface area contributed by atoms with E-state index in [1.165, 1.54) is 0 Å². The molecule has 1 aromatic heterocycles. The molecule has 0 saturated carbocycles. The number of nitrogens with one attached hydrogen (secondary N) is 2. The Kier molecular flexibility index (Phi) is 4.70. The Balaban J connectivity index is 0.00000147. The predicted molar refractivity (Wildman–Crippen MR) is 80.1 cm³/mol. The van der Waals surface area contributed by atoms with Crippen molar-refractivity contribution in [3.63, 3.8) is 0 Å². The van der Waals surface area contributed by atoms with Gasteiger partial charge in [-0.1, -0.05) is 13.8 Å². The molecule has 0 aliphatic carbocycles. The molecule has 1 fully saturated rings. The van der Waals surface area contributed by atoms with Crippen molar-refractivity contribution < 1.29 is 4.79 Å². The van der Waals surface area contributed by atoms with Crippen LogP contribution in [0.5, 0.6) is 0 Å². The molecule has 3 rings (SSSR count). The number of nitrogens with zero attached hydrogens (tertiary/aromatic N) is 2. The van der Waals surface area contributed by atoms with Crippen molar-refractivity contribution in [1.82, 2.24) is 20.4 Å². The number of carbonyl (C=O) groups is 1. The minimum absolute atomic E-state index is 0. The molecule has 2 N–H and O–H groups in total. The molecule has 2 aliphatic heterocycles. The van der Waals surface area contributed by atoms with Crippen LogP contribution in [0.1, 0.15) is 48.4 Å². The second-order valence-corrected chi connectivity index (χ2v) is 5.82. The van der Waals surface area contributed by atoms with Gasteiger partial charge in [0, 0.05) is 43.4 Å². The normalized spacial score (nSPS) is 25.2. The fourth-order valence-electron chi connectivity index (χ4n) is 3.33. The third-order valence-corrected chi connectivity index (χ3v) is 4.36. The average Bonchev–Trinajstić information content (AvgIpc) is 3.01. The lowest BCUT2D eigenvalue weighted by atomic mass is 10.1. The van der Waals surface area contributed by atoms with Gasteiger partial charge in [-0.25, -0.2) is 0 Å². The summed E-state index contributed by atoms with van der Waals surface area (Å²) in [6.07, 6.45) is 3.08. The summed E-state index contributed by atoms with van der Waals surface area (Å²) < 4.78 is 0. The highest BCUT2D eigenvalue weighted by molar-refractivity contribution is 5.94. The first kappa shape index (κ1) is 15.3. The molecular formula is C14H23ClN4O. The van der Waals surface area contributed by atoms with Crippen molar-refractivity contribution in [2.24, 2.45) is 5.92 Å². The van der Waals surface area contributed by atoms with Gasteiger partial charge in [-0.3, -0.25) is 9.89 Å². The molecule has 1 amide bonds. The molecule has 1 aromatic rings. The highest BCUT2D eigenvalue weighted by Gasteiger charge is 2.35. The van der Waals surface area contributed by atoms with E-state index in [0.717, 1.165) is 50.2 Å². The highest BCUT2D eigenvalue weighted by atomic mass is 35.5. The maximum absolute atomic E-state index is 12.7. The maximum atomic E-state index is 12.7. The van der Waals surface area contributed by atoms with Crippen molar-refractivity contribution in [1.29, 1.82) is 0 Å². The Morgan fingerprint density at radius 2 is 2.30 bits per heavy atom. The molecule has 20 heavy (non-hydrogen) atoms. The molecule has 0 radical (unpaired) electrons. The Bertz CT molecular complexity index is 488. The molecule has 2 aliphatic rings. The van der Waals surface area contributed by atoms with Crippen LogP contribution in [0.4, 0.5) is 0 Å². The summed E-state index contributed by atoms with van der Waals surface area (Å²) in [5, 5.41) is 10.6. The topological polar surface area (TPSA) is 61.0 Å². The monoisotopic (exact) mass is 298 g/mol. The number of hydrogen-bond donors (Lipinski definition) is 2. The average molecular weight is 299 g/mol. The number of likely N-dealkylation sites (tertiary alicyclic amines) is 1. The van der Waals surface area contributed by atoms with E-state index < -0.39 is 0 Å². The van der Waals surface area contributed by atoms with Gasteiger partial charge in [-0.2, -0.15) is 5.10 Å². The van der Waals surface area contributed by atoms with Gasteiger partial charge in [0.1, 0.15) is 0 Å².